The van der Waals surface area contributed by atoms with Gasteiger partial charge in [0, 0.05) is 37.7 Å². The molecule has 8 heteroatoms. The first-order valence-electron chi connectivity index (χ1n) is 9.70. The lowest BCUT2D eigenvalue weighted by molar-refractivity contribution is -0.181. The van der Waals surface area contributed by atoms with Crippen molar-refractivity contribution in [2.24, 2.45) is 29.1 Å². The lowest BCUT2D eigenvalue weighted by atomic mass is 9.75. The number of aliphatic hydroxyl groups excluding tert-OH is 1. The van der Waals surface area contributed by atoms with Crippen LogP contribution in [0.3, 0.4) is 0 Å². The molecular formula is C21H28O8. The van der Waals surface area contributed by atoms with Crippen molar-refractivity contribution in [3.63, 3.8) is 0 Å². The fraction of sp³-hybridized carbons (Fsp3) is 0.667. The van der Waals surface area contributed by atoms with Crippen LogP contribution in [0.1, 0.15) is 34.1 Å². The minimum absolute atomic E-state index is 0.0273. The van der Waals surface area contributed by atoms with Gasteiger partial charge >= 0.3 is 17.9 Å². The van der Waals surface area contributed by atoms with Gasteiger partial charge in [-0.25, -0.2) is 0 Å². The number of carbonyl (C=O) groups excluding carboxylic acids is 3. The van der Waals surface area contributed by atoms with Crippen LogP contribution in [-0.4, -0.2) is 48.6 Å². The van der Waals surface area contributed by atoms with Crippen molar-refractivity contribution >= 4 is 17.9 Å². The van der Waals surface area contributed by atoms with E-state index in [2.05, 4.69) is 6.58 Å². The van der Waals surface area contributed by atoms with Crippen LogP contribution in [0, 0.1) is 29.1 Å². The van der Waals surface area contributed by atoms with Crippen LogP contribution in [0.5, 0.6) is 0 Å². The third-order valence-electron chi connectivity index (χ3n) is 6.32. The highest BCUT2D eigenvalue weighted by atomic mass is 16.7. The number of ether oxygens (including phenoxy) is 4. The summed E-state index contributed by atoms with van der Waals surface area (Å²) in [5.41, 5.74) is 0.983. The van der Waals surface area contributed by atoms with E-state index in [1.807, 2.05) is 6.92 Å². The third kappa shape index (κ3) is 4.03. The first-order valence-corrected chi connectivity index (χ1v) is 9.70. The van der Waals surface area contributed by atoms with E-state index in [9.17, 15) is 19.5 Å². The maximum Gasteiger partial charge on any atom is 0.305 e. The number of hydrogen-bond acceptors (Lipinski definition) is 8. The van der Waals surface area contributed by atoms with Crippen molar-refractivity contribution in [1.82, 2.24) is 0 Å². The Balaban J connectivity index is 1.98. The van der Waals surface area contributed by atoms with Crippen molar-refractivity contribution in [3.8, 4) is 0 Å². The Kier molecular flexibility index (Phi) is 5.76. The fourth-order valence-electron chi connectivity index (χ4n) is 5.13. The van der Waals surface area contributed by atoms with Gasteiger partial charge < -0.3 is 24.1 Å². The summed E-state index contributed by atoms with van der Waals surface area (Å²) < 4.78 is 21.6. The van der Waals surface area contributed by atoms with E-state index in [0.29, 0.717) is 12.0 Å². The molecule has 0 radical (unpaired) electrons. The third-order valence-corrected chi connectivity index (χ3v) is 6.32. The summed E-state index contributed by atoms with van der Waals surface area (Å²) in [5.74, 6) is -2.15. The molecule has 7 atom stereocenters. The summed E-state index contributed by atoms with van der Waals surface area (Å²) >= 11 is 0. The smallest absolute Gasteiger partial charge is 0.305 e. The van der Waals surface area contributed by atoms with Crippen molar-refractivity contribution in [2.45, 2.75) is 46.5 Å². The molecule has 1 unspecified atom stereocenters. The van der Waals surface area contributed by atoms with Gasteiger partial charge in [-0.15, -0.1) is 0 Å². The molecule has 29 heavy (non-hydrogen) atoms. The summed E-state index contributed by atoms with van der Waals surface area (Å²) in [4.78, 5) is 34.3. The van der Waals surface area contributed by atoms with E-state index < -0.39 is 35.7 Å². The summed E-state index contributed by atoms with van der Waals surface area (Å²) in [6.07, 6.45) is 0.242. The van der Waals surface area contributed by atoms with Crippen LogP contribution >= 0.6 is 0 Å². The minimum atomic E-state index is -0.879. The molecule has 0 amide bonds. The zero-order valence-corrected chi connectivity index (χ0v) is 17.2. The van der Waals surface area contributed by atoms with Crippen LogP contribution in [0.15, 0.2) is 24.0 Å². The molecule has 1 heterocycles. The molecule has 0 saturated heterocycles. The van der Waals surface area contributed by atoms with E-state index in [-0.39, 0.29) is 36.9 Å². The fourth-order valence-corrected chi connectivity index (χ4v) is 5.13. The minimum Gasteiger partial charge on any atom is -0.465 e. The first-order chi connectivity index (χ1) is 13.6. The predicted octanol–water partition coefficient (Wildman–Crippen LogP) is 1.72. The van der Waals surface area contributed by atoms with Gasteiger partial charge in [0.05, 0.1) is 24.9 Å². The highest BCUT2D eigenvalue weighted by Crippen LogP contribution is 2.69. The summed E-state index contributed by atoms with van der Waals surface area (Å²) in [5, 5.41) is 10.8. The molecule has 0 aromatic heterocycles. The monoisotopic (exact) mass is 408 g/mol. The van der Waals surface area contributed by atoms with Gasteiger partial charge in [-0.3, -0.25) is 14.4 Å². The average molecular weight is 408 g/mol. The number of hydrogen-bond donors (Lipinski definition) is 1. The second kappa shape index (κ2) is 7.82. The maximum absolute atomic E-state index is 11.6. The van der Waals surface area contributed by atoms with E-state index in [0.717, 1.165) is 5.57 Å². The Morgan fingerprint density at radius 1 is 1.14 bits per heavy atom. The molecule has 160 valence electrons. The Labute approximate surface area is 169 Å². The molecule has 1 aliphatic heterocycles. The van der Waals surface area contributed by atoms with E-state index >= 15 is 0 Å². The van der Waals surface area contributed by atoms with Crippen molar-refractivity contribution in [1.29, 1.82) is 0 Å². The van der Waals surface area contributed by atoms with Crippen molar-refractivity contribution in [2.75, 3.05) is 13.2 Å². The summed E-state index contributed by atoms with van der Waals surface area (Å²) in [6.45, 7) is 10.3. The molecule has 2 aliphatic carbocycles. The van der Waals surface area contributed by atoms with Crippen LogP contribution in [-0.2, 0) is 33.3 Å². The number of fused-ring (bicyclic) bond motifs is 3. The van der Waals surface area contributed by atoms with E-state index in [1.54, 1.807) is 0 Å². The number of esters is 3. The highest BCUT2D eigenvalue weighted by molar-refractivity contribution is 5.67. The zero-order valence-electron chi connectivity index (χ0n) is 17.2. The number of carbonyl (C=O) groups is 3. The topological polar surface area (TPSA) is 108 Å². The van der Waals surface area contributed by atoms with Gasteiger partial charge in [0.15, 0.2) is 0 Å². The van der Waals surface area contributed by atoms with E-state index in [4.69, 9.17) is 18.9 Å². The molecule has 3 aliphatic rings. The Hall–Kier alpha value is -2.35. The van der Waals surface area contributed by atoms with Gasteiger partial charge in [0.25, 0.3) is 0 Å². The Morgan fingerprint density at radius 2 is 1.79 bits per heavy atom. The average Bonchev–Trinajstić information content (AvgIpc) is 3.25. The lowest BCUT2D eigenvalue weighted by Crippen LogP contribution is -2.41. The number of rotatable bonds is 5. The molecule has 3 rings (SSSR count). The summed E-state index contributed by atoms with van der Waals surface area (Å²) in [7, 11) is 0. The molecule has 2 fully saturated rings. The maximum atomic E-state index is 11.6. The first kappa shape index (κ1) is 21.4. The molecule has 0 aromatic rings. The highest BCUT2D eigenvalue weighted by Gasteiger charge is 2.71. The summed E-state index contributed by atoms with van der Waals surface area (Å²) in [6, 6.07) is 0. The quantitative estimate of drug-likeness (QED) is 0.416. The Morgan fingerprint density at radius 3 is 2.38 bits per heavy atom. The normalized spacial score (nSPS) is 37.7. The van der Waals surface area contributed by atoms with Gasteiger partial charge in [0.2, 0.25) is 6.29 Å². The molecule has 0 spiro atoms. The lowest BCUT2D eigenvalue weighted by Gasteiger charge is -2.39. The van der Waals surface area contributed by atoms with Gasteiger partial charge in [0.1, 0.15) is 6.61 Å². The van der Waals surface area contributed by atoms with E-state index in [1.165, 1.54) is 27.0 Å². The van der Waals surface area contributed by atoms with Crippen LogP contribution in [0.2, 0.25) is 0 Å². The largest absolute Gasteiger partial charge is 0.465 e. The molecule has 0 bridgehead atoms. The molecule has 2 saturated carbocycles. The van der Waals surface area contributed by atoms with Crippen LogP contribution < -0.4 is 0 Å². The van der Waals surface area contributed by atoms with Crippen LogP contribution in [0.4, 0.5) is 0 Å². The van der Waals surface area contributed by atoms with Gasteiger partial charge in [-0.2, -0.15) is 0 Å². The van der Waals surface area contributed by atoms with Crippen molar-refractivity contribution in [3.05, 3.63) is 24.0 Å². The molecule has 0 aromatic carbocycles. The Bertz CT molecular complexity index is 756. The second-order valence-corrected chi connectivity index (χ2v) is 8.41. The standard InChI is InChI=1S/C21H28O8/c1-10-6-15(25)18-19(21(18,5)9-28-12(3)23)17-14(7-26-11(2)22)8-27-20(16(10)17)29-13(4)24/h8,15-20,25H,1,6-7,9H2,2-5H3/t15-,16+,17+,18+,19-,20-,21?/m1/s1. The zero-order chi connectivity index (χ0) is 21.5. The molecule has 1 N–H and O–H groups in total. The SMILES string of the molecule is C=C1C[C@@H](O)[C@H]2[C@@H]([C@H]3C(COC(C)=O)=CO[C@H](OC(C)=O)[C@@H]13)C2(C)COC(C)=O. The molecular weight excluding hydrogens is 380 g/mol. The molecule has 8 nitrogen and oxygen atoms in total. The number of aliphatic hydroxyl groups is 1. The predicted molar refractivity (Wildman–Crippen MR) is 99.8 cm³/mol. The second-order valence-electron chi connectivity index (χ2n) is 8.41. The van der Waals surface area contributed by atoms with Crippen LogP contribution in [0.25, 0.3) is 0 Å². The van der Waals surface area contributed by atoms with Crippen molar-refractivity contribution < 1.29 is 38.4 Å². The van der Waals surface area contributed by atoms with Gasteiger partial charge in [-0.1, -0.05) is 19.1 Å². The van der Waals surface area contributed by atoms with Gasteiger partial charge in [-0.05, 0) is 18.3 Å².